The van der Waals surface area contributed by atoms with Gasteiger partial charge < -0.3 is 24.4 Å². The summed E-state index contributed by atoms with van der Waals surface area (Å²) in [5, 5.41) is 9.43. The molecule has 0 aliphatic carbocycles. The first-order valence-electron chi connectivity index (χ1n) is 11.6. The summed E-state index contributed by atoms with van der Waals surface area (Å²) in [4.78, 5) is 44.3. The van der Waals surface area contributed by atoms with Crippen molar-refractivity contribution in [3.8, 4) is 0 Å². The lowest BCUT2D eigenvalue weighted by atomic mass is 9.73. The fourth-order valence-corrected chi connectivity index (χ4v) is 5.81. The van der Waals surface area contributed by atoms with Crippen LogP contribution in [0.25, 0.3) is 0 Å². The number of aliphatic hydroxyl groups is 1. The first-order chi connectivity index (χ1) is 15.1. The Morgan fingerprint density at radius 1 is 1.12 bits per heavy atom. The summed E-state index contributed by atoms with van der Waals surface area (Å²) >= 11 is 0. The molecule has 4 heterocycles. The number of esters is 1. The molecule has 8 nitrogen and oxygen atoms in total. The molecular formula is C24H34N2O6. The summed E-state index contributed by atoms with van der Waals surface area (Å²) in [6.45, 7) is 8.56. The third-order valence-corrected chi connectivity index (χ3v) is 7.27. The van der Waals surface area contributed by atoms with Gasteiger partial charge in [-0.2, -0.15) is 0 Å². The van der Waals surface area contributed by atoms with Gasteiger partial charge in [-0.05, 0) is 40.0 Å². The molecule has 2 amide bonds. The molecule has 4 rings (SSSR count). The van der Waals surface area contributed by atoms with Gasteiger partial charge in [0.05, 0.1) is 12.5 Å². The summed E-state index contributed by atoms with van der Waals surface area (Å²) in [5.74, 6) is -2.64. The quantitative estimate of drug-likeness (QED) is 0.518. The lowest BCUT2D eigenvalue weighted by molar-refractivity contribution is -0.162. The second-order valence-electron chi connectivity index (χ2n) is 10.1. The van der Waals surface area contributed by atoms with Gasteiger partial charge in [-0.25, -0.2) is 0 Å². The highest BCUT2D eigenvalue weighted by molar-refractivity contribution is 5.99. The molecule has 0 aromatic rings. The van der Waals surface area contributed by atoms with Gasteiger partial charge in [-0.15, -0.1) is 0 Å². The van der Waals surface area contributed by atoms with Crippen molar-refractivity contribution in [1.29, 1.82) is 0 Å². The molecule has 0 bridgehead atoms. The Bertz CT molecular complexity index is 861. The molecule has 2 fully saturated rings. The van der Waals surface area contributed by atoms with E-state index in [2.05, 4.69) is 0 Å². The van der Waals surface area contributed by atoms with Gasteiger partial charge in [0.25, 0.3) is 0 Å². The van der Waals surface area contributed by atoms with E-state index in [1.54, 1.807) is 4.90 Å². The molecule has 1 spiro atoms. The van der Waals surface area contributed by atoms with Crippen LogP contribution < -0.4 is 0 Å². The maximum Gasteiger partial charge on any atom is 0.313 e. The van der Waals surface area contributed by atoms with E-state index in [1.165, 1.54) is 4.90 Å². The van der Waals surface area contributed by atoms with Crippen LogP contribution in [-0.4, -0.2) is 81.8 Å². The molecule has 0 aromatic carbocycles. The van der Waals surface area contributed by atoms with Crippen molar-refractivity contribution >= 4 is 17.8 Å². The SMILES string of the molecule is CC[C@@]12C=CCCOC(=O)[C@@H]1[C@H]1C(=O)N(CCCO)C3C(=O)N(C(C)(C)C)CC=C[C@@]31O2. The summed E-state index contributed by atoms with van der Waals surface area (Å²) in [5.41, 5.74) is -2.74. The van der Waals surface area contributed by atoms with Crippen molar-refractivity contribution in [3.05, 3.63) is 24.3 Å². The highest BCUT2D eigenvalue weighted by Gasteiger charge is 2.75. The number of nitrogens with zero attached hydrogens (tertiary/aromatic N) is 2. The topological polar surface area (TPSA) is 96.4 Å². The second-order valence-corrected chi connectivity index (χ2v) is 10.1. The van der Waals surface area contributed by atoms with Gasteiger partial charge in [0.2, 0.25) is 11.8 Å². The highest BCUT2D eigenvalue weighted by Crippen LogP contribution is 2.58. The molecule has 0 radical (unpaired) electrons. The number of carbonyl (C=O) groups excluding carboxylic acids is 3. The van der Waals surface area contributed by atoms with Crippen LogP contribution in [0.1, 0.15) is 47.0 Å². The largest absolute Gasteiger partial charge is 0.465 e. The Balaban J connectivity index is 1.90. The molecule has 2 saturated heterocycles. The molecule has 176 valence electrons. The zero-order chi connectivity index (χ0) is 23.3. The molecule has 32 heavy (non-hydrogen) atoms. The lowest BCUT2D eigenvalue weighted by Gasteiger charge is -2.41. The average Bonchev–Trinajstić information content (AvgIpc) is 3.06. The van der Waals surface area contributed by atoms with Crippen LogP contribution in [0.5, 0.6) is 0 Å². The zero-order valence-corrected chi connectivity index (χ0v) is 19.4. The maximum atomic E-state index is 14.0. The van der Waals surface area contributed by atoms with Crippen molar-refractivity contribution in [2.45, 2.75) is 69.7 Å². The van der Waals surface area contributed by atoms with Gasteiger partial charge in [-0.1, -0.05) is 31.2 Å². The number of hydrogen-bond donors (Lipinski definition) is 1. The van der Waals surface area contributed by atoms with E-state index in [1.807, 2.05) is 52.0 Å². The average molecular weight is 447 g/mol. The van der Waals surface area contributed by atoms with Crippen molar-refractivity contribution < 1.29 is 29.0 Å². The van der Waals surface area contributed by atoms with Gasteiger partial charge in [-0.3, -0.25) is 14.4 Å². The molecule has 1 N–H and O–H groups in total. The van der Waals surface area contributed by atoms with Gasteiger partial charge in [0.15, 0.2) is 0 Å². The number of aliphatic hydroxyl groups excluding tert-OH is 1. The molecule has 0 saturated carbocycles. The van der Waals surface area contributed by atoms with Crippen LogP contribution in [0.15, 0.2) is 24.3 Å². The minimum atomic E-state index is -1.27. The van der Waals surface area contributed by atoms with Crippen molar-refractivity contribution in [2.75, 3.05) is 26.3 Å². The molecule has 0 aromatic heterocycles. The number of fused-ring (bicyclic) bond motifs is 2. The number of likely N-dealkylation sites (tertiary alicyclic amines) is 1. The number of amides is 2. The third kappa shape index (κ3) is 3.22. The molecule has 1 unspecified atom stereocenters. The predicted molar refractivity (Wildman–Crippen MR) is 116 cm³/mol. The van der Waals surface area contributed by atoms with Crippen LogP contribution in [0, 0.1) is 11.8 Å². The Labute approximate surface area is 189 Å². The van der Waals surface area contributed by atoms with Crippen molar-refractivity contribution in [1.82, 2.24) is 9.80 Å². The number of hydrogen-bond acceptors (Lipinski definition) is 6. The maximum absolute atomic E-state index is 14.0. The summed E-state index contributed by atoms with van der Waals surface area (Å²) in [6, 6.07) is -0.901. The highest BCUT2D eigenvalue weighted by atomic mass is 16.6. The smallest absolute Gasteiger partial charge is 0.313 e. The fraction of sp³-hybridized carbons (Fsp3) is 0.708. The zero-order valence-electron chi connectivity index (χ0n) is 19.4. The van der Waals surface area contributed by atoms with Gasteiger partial charge in [0.1, 0.15) is 23.2 Å². The van der Waals surface area contributed by atoms with Crippen molar-refractivity contribution in [3.63, 3.8) is 0 Å². The van der Waals surface area contributed by atoms with Crippen LogP contribution in [0.3, 0.4) is 0 Å². The minimum Gasteiger partial charge on any atom is -0.465 e. The number of cyclic esters (lactones) is 1. The number of rotatable bonds is 4. The molecule has 4 aliphatic rings. The normalized spacial score (nSPS) is 36.9. The molecular weight excluding hydrogens is 412 g/mol. The van der Waals surface area contributed by atoms with E-state index in [-0.39, 0.29) is 31.6 Å². The van der Waals surface area contributed by atoms with E-state index < -0.39 is 40.6 Å². The van der Waals surface area contributed by atoms with Gasteiger partial charge in [0, 0.05) is 25.2 Å². The fourth-order valence-electron chi connectivity index (χ4n) is 5.81. The molecule has 4 aliphatic heterocycles. The second kappa shape index (κ2) is 7.99. The van der Waals surface area contributed by atoms with E-state index >= 15 is 0 Å². The van der Waals surface area contributed by atoms with Crippen molar-refractivity contribution in [2.24, 2.45) is 11.8 Å². The monoisotopic (exact) mass is 446 g/mol. The first kappa shape index (κ1) is 23.0. The van der Waals surface area contributed by atoms with Gasteiger partial charge >= 0.3 is 5.97 Å². The van der Waals surface area contributed by atoms with Crippen LogP contribution in [0.2, 0.25) is 0 Å². The lowest BCUT2D eigenvalue weighted by Crippen LogP contribution is -2.59. The predicted octanol–water partition coefficient (Wildman–Crippen LogP) is 1.43. The Hall–Kier alpha value is -2.19. The first-order valence-corrected chi connectivity index (χ1v) is 11.6. The van der Waals surface area contributed by atoms with E-state index in [0.717, 1.165) is 0 Å². The summed E-state index contributed by atoms with van der Waals surface area (Å²) in [7, 11) is 0. The van der Waals surface area contributed by atoms with Crippen LogP contribution >= 0.6 is 0 Å². The number of ether oxygens (including phenoxy) is 2. The summed E-state index contributed by atoms with van der Waals surface area (Å²) in [6.07, 6.45) is 8.96. The number of carbonyl (C=O) groups is 3. The molecule has 5 atom stereocenters. The third-order valence-electron chi connectivity index (χ3n) is 7.27. The summed E-state index contributed by atoms with van der Waals surface area (Å²) < 4.78 is 12.3. The Morgan fingerprint density at radius 2 is 1.88 bits per heavy atom. The van der Waals surface area contributed by atoms with E-state index in [9.17, 15) is 19.5 Å². The minimum absolute atomic E-state index is 0.102. The van der Waals surface area contributed by atoms with E-state index in [0.29, 0.717) is 25.8 Å². The Kier molecular flexibility index (Phi) is 5.74. The van der Waals surface area contributed by atoms with E-state index in [4.69, 9.17) is 9.47 Å². The van der Waals surface area contributed by atoms with Crippen LogP contribution in [0.4, 0.5) is 0 Å². The Morgan fingerprint density at radius 3 is 2.53 bits per heavy atom. The van der Waals surface area contributed by atoms with Crippen LogP contribution in [-0.2, 0) is 23.9 Å². The molecule has 8 heteroatoms. The standard InChI is InChI=1S/C24H34N2O6/c1-5-23-10-6-7-15-31-21(30)17(23)16-19(28)25(12-9-14-27)18-20(29)26(22(2,3)4)13-8-11-24(16,18)32-23/h6,8,10-11,16-18,27H,5,7,9,12-15H2,1-4H3/t16-,17-,18?,23+,24-/m0/s1.